The van der Waals surface area contributed by atoms with Crippen LogP contribution >= 0.6 is 11.3 Å². The standard InChI is InChI=1S/C12H16N2OS/c1-14(6-10-2-3-16-9-10)7-12-4-11(5-13)8-15-12/h2-4,8-9H,5-7,13H2,1H3. The number of thiophene rings is 1. The Labute approximate surface area is 99.5 Å². The van der Waals surface area contributed by atoms with Gasteiger partial charge in [0.2, 0.25) is 0 Å². The molecular formula is C12H16N2OS. The third-order valence-corrected chi connectivity index (χ3v) is 3.13. The first-order valence-corrected chi connectivity index (χ1v) is 6.18. The number of hydrogen-bond acceptors (Lipinski definition) is 4. The van der Waals surface area contributed by atoms with Gasteiger partial charge in [-0.05, 0) is 35.5 Å². The maximum atomic E-state index is 5.53. The molecule has 0 aliphatic rings. The van der Waals surface area contributed by atoms with Crippen LogP contribution in [0.5, 0.6) is 0 Å². The van der Waals surface area contributed by atoms with Gasteiger partial charge in [0.1, 0.15) is 5.76 Å². The van der Waals surface area contributed by atoms with Crippen LogP contribution in [-0.4, -0.2) is 11.9 Å². The van der Waals surface area contributed by atoms with Gasteiger partial charge in [0.25, 0.3) is 0 Å². The molecule has 0 saturated heterocycles. The van der Waals surface area contributed by atoms with Crippen LogP contribution in [0.1, 0.15) is 16.9 Å². The highest BCUT2D eigenvalue weighted by Gasteiger charge is 2.05. The average molecular weight is 236 g/mol. The van der Waals surface area contributed by atoms with E-state index < -0.39 is 0 Å². The first-order chi connectivity index (χ1) is 7.78. The minimum atomic E-state index is 0.539. The van der Waals surface area contributed by atoms with E-state index in [-0.39, 0.29) is 0 Å². The van der Waals surface area contributed by atoms with Crippen LogP contribution in [0.15, 0.2) is 33.6 Å². The summed E-state index contributed by atoms with van der Waals surface area (Å²) in [5, 5.41) is 4.27. The Balaban J connectivity index is 1.89. The van der Waals surface area contributed by atoms with Crippen LogP contribution in [-0.2, 0) is 19.6 Å². The molecule has 0 unspecified atom stereocenters. The second-order valence-electron chi connectivity index (χ2n) is 3.93. The van der Waals surface area contributed by atoms with Gasteiger partial charge in [0, 0.05) is 18.7 Å². The largest absolute Gasteiger partial charge is 0.468 e. The fourth-order valence-corrected chi connectivity index (χ4v) is 2.29. The summed E-state index contributed by atoms with van der Waals surface area (Å²) in [6.07, 6.45) is 1.73. The van der Waals surface area contributed by atoms with E-state index in [1.165, 1.54) is 5.56 Å². The summed E-state index contributed by atoms with van der Waals surface area (Å²) in [6, 6.07) is 4.17. The highest BCUT2D eigenvalue weighted by molar-refractivity contribution is 7.07. The molecule has 0 bridgehead atoms. The highest BCUT2D eigenvalue weighted by Crippen LogP contribution is 2.13. The van der Waals surface area contributed by atoms with E-state index in [9.17, 15) is 0 Å². The topological polar surface area (TPSA) is 42.4 Å². The van der Waals surface area contributed by atoms with E-state index >= 15 is 0 Å². The van der Waals surface area contributed by atoms with E-state index in [0.29, 0.717) is 6.54 Å². The summed E-state index contributed by atoms with van der Waals surface area (Å²) in [4.78, 5) is 2.22. The van der Waals surface area contributed by atoms with Crippen molar-refractivity contribution < 1.29 is 4.42 Å². The SMILES string of the molecule is CN(Cc1ccsc1)Cc1cc(CN)co1. The van der Waals surface area contributed by atoms with Crippen LogP contribution in [0.3, 0.4) is 0 Å². The molecule has 2 aromatic rings. The summed E-state index contributed by atoms with van der Waals surface area (Å²) in [6.45, 7) is 2.30. The van der Waals surface area contributed by atoms with Gasteiger partial charge in [-0.3, -0.25) is 4.90 Å². The third-order valence-electron chi connectivity index (χ3n) is 2.40. The van der Waals surface area contributed by atoms with Crippen molar-refractivity contribution in [2.75, 3.05) is 7.05 Å². The minimum Gasteiger partial charge on any atom is -0.468 e. The average Bonchev–Trinajstić information content (AvgIpc) is 2.89. The van der Waals surface area contributed by atoms with Crippen molar-refractivity contribution in [2.45, 2.75) is 19.6 Å². The van der Waals surface area contributed by atoms with E-state index in [1.807, 2.05) is 6.07 Å². The molecule has 0 atom stereocenters. The summed E-state index contributed by atoms with van der Waals surface area (Å²) in [5.74, 6) is 0.971. The van der Waals surface area contributed by atoms with Gasteiger partial charge in [0.15, 0.2) is 0 Å². The summed E-state index contributed by atoms with van der Waals surface area (Å²) >= 11 is 1.73. The predicted octanol–water partition coefficient (Wildman–Crippen LogP) is 2.43. The summed E-state index contributed by atoms with van der Waals surface area (Å²) in [7, 11) is 2.09. The number of rotatable bonds is 5. The lowest BCUT2D eigenvalue weighted by Gasteiger charge is -2.13. The molecule has 16 heavy (non-hydrogen) atoms. The number of nitrogens with zero attached hydrogens (tertiary/aromatic N) is 1. The molecule has 2 N–H and O–H groups in total. The van der Waals surface area contributed by atoms with E-state index in [4.69, 9.17) is 10.2 Å². The summed E-state index contributed by atoms with van der Waals surface area (Å²) < 4.78 is 5.43. The van der Waals surface area contributed by atoms with Crippen LogP contribution in [0.4, 0.5) is 0 Å². The molecule has 0 aromatic carbocycles. The molecule has 3 nitrogen and oxygen atoms in total. The van der Waals surface area contributed by atoms with E-state index in [0.717, 1.165) is 24.4 Å². The van der Waals surface area contributed by atoms with Crippen molar-refractivity contribution in [3.8, 4) is 0 Å². The molecule has 2 heterocycles. The second kappa shape index (κ2) is 5.30. The van der Waals surface area contributed by atoms with Crippen molar-refractivity contribution in [1.82, 2.24) is 4.90 Å². The zero-order chi connectivity index (χ0) is 11.4. The molecule has 0 aliphatic carbocycles. The third kappa shape index (κ3) is 2.95. The molecule has 0 saturated carbocycles. The first kappa shape index (κ1) is 11.4. The number of hydrogen-bond donors (Lipinski definition) is 1. The van der Waals surface area contributed by atoms with Crippen LogP contribution in [0.25, 0.3) is 0 Å². The van der Waals surface area contributed by atoms with Gasteiger partial charge in [-0.15, -0.1) is 0 Å². The van der Waals surface area contributed by atoms with Gasteiger partial charge in [-0.2, -0.15) is 11.3 Å². The Morgan fingerprint density at radius 2 is 2.25 bits per heavy atom. The molecule has 4 heteroatoms. The zero-order valence-electron chi connectivity index (χ0n) is 9.35. The maximum absolute atomic E-state index is 5.53. The fourth-order valence-electron chi connectivity index (χ4n) is 1.63. The lowest BCUT2D eigenvalue weighted by atomic mass is 10.3. The smallest absolute Gasteiger partial charge is 0.118 e. The molecule has 2 rings (SSSR count). The lowest BCUT2D eigenvalue weighted by molar-refractivity contribution is 0.288. The van der Waals surface area contributed by atoms with Crippen LogP contribution < -0.4 is 5.73 Å². The fraction of sp³-hybridized carbons (Fsp3) is 0.333. The van der Waals surface area contributed by atoms with Crippen molar-refractivity contribution in [3.05, 3.63) is 46.0 Å². The van der Waals surface area contributed by atoms with Crippen LogP contribution in [0.2, 0.25) is 0 Å². The molecule has 0 amide bonds. The monoisotopic (exact) mass is 236 g/mol. The predicted molar refractivity (Wildman–Crippen MR) is 66.1 cm³/mol. The number of furan rings is 1. The Bertz CT molecular complexity index is 422. The van der Waals surface area contributed by atoms with Gasteiger partial charge in [-0.25, -0.2) is 0 Å². The molecule has 0 aliphatic heterocycles. The summed E-state index contributed by atoms with van der Waals surface area (Å²) in [5.41, 5.74) is 7.93. The van der Waals surface area contributed by atoms with Gasteiger partial charge in [-0.1, -0.05) is 0 Å². The van der Waals surface area contributed by atoms with Crippen molar-refractivity contribution in [2.24, 2.45) is 5.73 Å². The highest BCUT2D eigenvalue weighted by atomic mass is 32.1. The molecular weight excluding hydrogens is 220 g/mol. The minimum absolute atomic E-state index is 0.539. The Kier molecular flexibility index (Phi) is 3.77. The Hall–Kier alpha value is -1.10. The Morgan fingerprint density at radius 1 is 1.38 bits per heavy atom. The lowest BCUT2D eigenvalue weighted by Crippen LogP contribution is -2.16. The van der Waals surface area contributed by atoms with Gasteiger partial charge in [0.05, 0.1) is 12.8 Å². The van der Waals surface area contributed by atoms with Crippen LogP contribution in [0, 0.1) is 0 Å². The normalized spacial score (nSPS) is 11.2. The molecule has 0 fully saturated rings. The van der Waals surface area contributed by atoms with Crippen molar-refractivity contribution in [3.63, 3.8) is 0 Å². The molecule has 86 valence electrons. The van der Waals surface area contributed by atoms with E-state index in [2.05, 4.69) is 28.8 Å². The molecule has 0 radical (unpaired) electrons. The first-order valence-electron chi connectivity index (χ1n) is 5.24. The van der Waals surface area contributed by atoms with E-state index in [1.54, 1.807) is 17.6 Å². The quantitative estimate of drug-likeness (QED) is 0.867. The zero-order valence-corrected chi connectivity index (χ0v) is 10.2. The number of nitrogens with two attached hydrogens (primary N) is 1. The van der Waals surface area contributed by atoms with Gasteiger partial charge < -0.3 is 10.2 Å². The molecule has 2 aromatic heterocycles. The Morgan fingerprint density at radius 3 is 2.88 bits per heavy atom. The van der Waals surface area contributed by atoms with Gasteiger partial charge >= 0.3 is 0 Å². The molecule has 0 spiro atoms. The second-order valence-corrected chi connectivity index (χ2v) is 4.71. The maximum Gasteiger partial charge on any atom is 0.118 e. The van der Waals surface area contributed by atoms with Crippen molar-refractivity contribution in [1.29, 1.82) is 0 Å². The van der Waals surface area contributed by atoms with Crippen molar-refractivity contribution >= 4 is 11.3 Å².